The zero-order valence-electron chi connectivity index (χ0n) is 13.7. The number of amides is 2. The Hall–Kier alpha value is -3.08. The minimum absolute atomic E-state index is 0.0215. The largest absolute Gasteiger partial charge is 0.463 e. The van der Waals surface area contributed by atoms with Gasteiger partial charge in [0, 0.05) is 19.2 Å². The van der Waals surface area contributed by atoms with E-state index >= 15 is 0 Å². The van der Waals surface area contributed by atoms with Gasteiger partial charge in [-0.15, -0.1) is 0 Å². The average Bonchev–Trinajstić information content (AvgIpc) is 3.05. The van der Waals surface area contributed by atoms with Crippen molar-refractivity contribution in [2.45, 2.75) is 13.0 Å². The number of halogens is 2. The SMILES string of the molecule is C[C@H]1CN(C(=O)c2cc(F)c(F)cc2-n2nccn2)CCN(C(=O)O)O1. The summed E-state index contributed by atoms with van der Waals surface area (Å²) >= 11 is 0. The maximum atomic E-state index is 13.7. The van der Waals surface area contributed by atoms with Crippen LogP contribution in [0.15, 0.2) is 24.5 Å². The summed E-state index contributed by atoms with van der Waals surface area (Å²) in [6.45, 7) is 1.63. The Morgan fingerprint density at radius 1 is 1.19 bits per heavy atom. The van der Waals surface area contributed by atoms with Gasteiger partial charge < -0.3 is 10.0 Å². The topological polar surface area (TPSA) is 101 Å². The first-order valence-corrected chi connectivity index (χ1v) is 7.69. The highest BCUT2D eigenvalue weighted by molar-refractivity contribution is 5.97. The predicted octanol–water partition coefficient (Wildman–Crippen LogP) is 1.30. The number of carbonyl (C=O) groups excluding carboxylic acids is 1. The number of rotatable bonds is 2. The number of benzene rings is 1. The van der Waals surface area contributed by atoms with Crippen molar-refractivity contribution in [3.05, 3.63) is 41.7 Å². The number of hydrogen-bond acceptors (Lipinski definition) is 5. The summed E-state index contributed by atoms with van der Waals surface area (Å²) in [6.07, 6.45) is 0.791. The molecule has 0 aliphatic carbocycles. The van der Waals surface area contributed by atoms with E-state index < -0.39 is 29.7 Å². The predicted molar refractivity (Wildman–Crippen MR) is 82.5 cm³/mol. The third-order valence-corrected chi connectivity index (χ3v) is 3.76. The first-order chi connectivity index (χ1) is 12.4. The van der Waals surface area contributed by atoms with Crippen LogP contribution in [0.4, 0.5) is 13.6 Å². The molecule has 0 spiro atoms. The molecule has 1 aliphatic heterocycles. The molecule has 1 saturated heterocycles. The molecule has 2 heterocycles. The third-order valence-electron chi connectivity index (χ3n) is 3.76. The van der Waals surface area contributed by atoms with Gasteiger partial charge in [0.2, 0.25) is 0 Å². The fraction of sp³-hybridized carbons (Fsp3) is 0.333. The molecule has 26 heavy (non-hydrogen) atoms. The van der Waals surface area contributed by atoms with Crippen molar-refractivity contribution in [2.75, 3.05) is 19.6 Å². The van der Waals surface area contributed by atoms with Gasteiger partial charge in [-0.1, -0.05) is 0 Å². The van der Waals surface area contributed by atoms with Gasteiger partial charge in [0.05, 0.1) is 24.5 Å². The summed E-state index contributed by atoms with van der Waals surface area (Å²) in [5.41, 5.74) is -0.164. The van der Waals surface area contributed by atoms with Crippen LogP contribution in [0.5, 0.6) is 0 Å². The molecule has 11 heteroatoms. The summed E-state index contributed by atoms with van der Waals surface area (Å²) in [5.74, 6) is -2.94. The van der Waals surface area contributed by atoms with Crippen LogP contribution >= 0.6 is 0 Å². The Balaban J connectivity index is 1.94. The Morgan fingerprint density at radius 2 is 1.85 bits per heavy atom. The van der Waals surface area contributed by atoms with E-state index in [2.05, 4.69) is 10.2 Å². The molecular formula is C15H15F2N5O4. The van der Waals surface area contributed by atoms with Crippen LogP contribution in [-0.2, 0) is 4.84 Å². The molecule has 1 fully saturated rings. The van der Waals surface area contributed by atoms with Crippen molar-refractivity contribution in [3.63, 3.8) is 0 Å². The van der Waals surface area contributed by atoms with Crippen LogP contribution in [0.2, 0.25) is 0 Å². The van der Waals surface area contributed by atoms with Crippen molar-refractivity contribution < 1.29 is 28.3 Å². The molecule has 1 aromatic heterocycles. The van der Waals surface area contributed by atoms with Crippen molar-refractivity contribution in [1.29, 1.82) is 0 Å². The van der Waals surface area contributed by atoms with Gasteiger partial charge in [0.1, 0.15) is 11.8 Å². The number of nitrogens with zero attached hydrogens (tertiary/aromatic N) is 5. The van der Waals surface area contributed by atoms with E-state index in [1.807, 2.05) is 0 Å². The van der Waals surface area contributed by atoms with E-state index in [0.29, 0.717) is 0 Å². The fourth-order valence-corrected chi connectivity index (χ4v) is 2.63. The Bertz CT molecular complexity index is 830. The highest BCUT2D eigenvalue weighted by Crippen LogP contribution is 2.21. The highest BCUT2D eigenvalue weighted by atomic mass is 19.2. The van der Waals surface area contributed by atoms with E-state index in [1.165, 1.54) is 17.3 Å². The minimum atomic E-state index is -1.28. The molecule has 138 valence electrons. The van der Waals surface area contributed by atoms with Crippen molar-refractivity contribution >= 4 is 12.0 Å². The lowest BCUT2D eigenvalue weighted by Crippen LogP contribution is -2.37. The van der Waals surface area contributed by atoms with Crippen LogP contribution in [0, 0.1) is 11.6 Å². The molecule has 2 amide bonds. The van der Waals surface area contributed by atoms with Crippen LogP contribution in [0.25, 0.3) is 5.69 Å². The molecule has 9 nitrogen and oxygen atoms in total. The lowest BCUT2D eigenvalue weighted by atomic mass is 10.1. The molecule has 1 atom stereocenters. The number of carboxylic acid groups (broad SMARTS) is 1. The molecule has 0 unspecified atom stereocenters. The molecule has 0 saturated carbocycles. The lowest BCUT2D eigenvalue weighted by molar-refractivity contribution is -0.153. The van der Waals surface area contributed by atoms with Gasteiger partial charge in [-0.25, -0.2) is 13.6 Å². The quantitative estimate of drug-likeness (QED) is 0.859. The van der Waals surface area contributed by atoms with Gasteiger partial charge in [-0.05, 0) is 13.0 Å². The molecule has 0 radical (unpaired) electrons. The lowest BCUT2D eigenvalue weighted by Gasteiger charge is -2.22. The number of hydroxylamine groups is 2. The van der Waals surface area contributed by atoms with Crippen LogP contribution in [0.1, 0.15) is 17.3 Å². The second-order valence-electron chi connectivity index (χ2n) is 5.65. The van der Waals surface area contributed by atoms with Gasteiger partial charge in [0.25, 0.3) is 5.91 Å². The zero-order chi connectivity index (χ0) is 18.8. The van der Waals surface area contributed by atoms with Crippen LogP contribution in [0.3, 0.4) is 0 Å². The number of carbonyl (C=O) groups is 2. The van der Waals surface area contributed by atoms with Gasteiger partial charge >= 0.3 is 6.09 Å². The second-order valence-corrected chi connectivity index (χ2v) is 5.65. The first-order valence-electron chi connectivity index (χ1n) is 7.69. The zero-order valence-corrected chi connectivity index (χ0v) is 13.7. The average molecular weight is 367 g/mol. The highest BCUT2D eigenvalue weighted by Gasteiger charge is 2.29. The third kappa shape index (κ3) is 3.47. The van der Waals surface area contributed by atoms with E-state index in [0.717, 1.165) is 22.0 Å². The van der Waals surface area contributed by atoms with E-state index in [4.69, 9.17) is 9.94 Å². The summed E-state index contributed by atoms with van der Waals surface area (Å²) in [7, 11) is 0. The van der Waals surface area contributed by atoms with Crippen molar-refractivity contribution in [3.8, 4) is 5.69 Å². The Morgan fingerprint density at radius 3 is 2.50 bits per heavy atom. The van der Waals surface area contributed by atoms with Gasteiger partial charge in [-0.3, -0.25) is 9.63 Å². The van der Waals surface area contributed by atoms with Crippen LogP contribution in [-0.4, -0.2) is 67.8 Å². The minimum Gasteiger partial charge on any atom is -0.463 e. The fourth-order valence-electron chi connectivity index (χ4n) is 2.63. The van der Waals surface area contributed by atoms with Crippen molar-refractivity contribution in [1.82, 2.24) is 25.0 Å². The van der Waals surface area contributed by atoms with Gasteiger partial charge in [-0.2, -0.15) is 20.1 Å². The maximum absolute atomic E-state index is 13.7. The van der Waals surface area contributed by atoms with Gasteiger partial charge in [0.15, 0.2) is 11.6 Å². The standard InChI is InChI=1S/C15H15F2N5O4/c1-9-8-20(4-5-21(26-9)15(24)25)14(23)10-6-11(16)12(17)7-13(10)22-18-2-3-19-22/h2-3,6-7,9H,4-5,8H2,1H3,(H,24,25)/t9-/m0/s1. The van der Waals surface area contributed by atoms with Crippen LogP contribution < -0.4 is 0 Å². The van der Waals surface area contributed by atoms with E-state index in [-0.39, 0.29) is 30.9 Å². The summed E-state index contributed by atoms with van der Waals surface area (Å²) in [5, 5.41) is 17.5. The Labute approximate surface area is 146 Å². The number of aromatic nitrogens is 3. The molecule has 0 bridgehead atoms. The number of hydrogen-bond donors (Lipinski definition) is 1. The van der Waals surface area contributed by atoms with E-state index in [1.54, 1.807) is 6.92 Å². The molecule has 1 aliphatic rings. The normalized spacial score (nSPS) is 17.9. The summed E-state index contributed by atoms with van der Waals surface area (Å²) < 4.78 is 27.4. The monoisotopic (exact) mass is 367 g/mol. The maximum Gasteiger partial charge on any atom is 0.431 e. The molecule has 3 rings (SSSR count). The Kier molecular flexibility index (Phi) is 4.80. The first kappa shape index (κ1) is 17.7. The molecule has 1 N–H and O–H groups in total. The summed E-state index contributed by atoms with van der Waals surface area (Å²) in [4.78, 5) is 31.5. The molecule has 2 aromatic rings. The molecular weight excluding hydrogens is 352 g/mol. The van der Waals surface area contributed by atoms with Crippen molar-refractivity contribution in [2.24, 2.45) is 0 Å². The second kappa shape index (κ2) is 7.04. The smallest absolute Gasteiger partial charge is 0.431 e. The summed E-state index contributed by atoms with van der Waals surface area (Å²) in [6, 6.07) is 1.62. The molecule has 1 aromatic carbocycles. The van der Waals surface area contributed by atoms with E-state index in [9.17, 15) is 18.4 Å².